The largest absolute Gasteiger partial charge is 0.384 e. The third kappa shape index (κ3) is 8.75. The molecule has 2 aliphatic rings. The average Bonchev–Trinajstić information content (AvgIpc) is 3.58. The van der Waals surface area contributed by atoms with Gasteiger partial charge in [-0.3, -0.25) is 0 Å². The van der Waals surface area contributed by atoms with Crippen LogP contribution in [0.1, 0.15) is 86.6 Å². The lowest BCUT2D eigenvalue weighted by Gasteiger charge is -2.18. The first-order chi connectivity index (χ1) is 25.0. The molecular formula is C42H52N4O6S2. The number of hydrogen-bond donors (Lipinski definition) is 2. The van der Waals surface area contributed by atoms with Crippen molar-refractivity contribution in [3.05, 3.63) is 129 Å². The molecule has 2 heterocycles. The summed E-state index contributed by atoms with van der Waals surface area (Å²) in [6.45, 7) is 11.1. The first kappa shape index (κ1) is 41.1. The van der Waals surface area contributed by atoms with Gasteiger partial charge in [-0.05, 0) is 137 Å². The fraction of sp³-hybridized carbons (Fsp3) is 0.381. The van der Waals surface area contributed by atoms with E-state index in [1.54, 1.807) is 52.0 Å². The van der Waals surface area contributed by atoms with Gasteiger partial charge in [0.15, 0.2) is 0 Å². The molecule has 0 fully saturated rings. The molecule has 2 aromatic heterocycles. The molecule has 0 aliphatic heterocycles. The van der Waals surface area contributed by atoms with Crippen molar-refractivity contribution in [1.82, 2.24) is 18.6 Å². The van der Waals surface area contributed by atoms with Crippen molar-refractivity contribution in [1.29, 1.82) is 0 Å². The molecule has 0 spiro atoms. The maximum absolute atomic E-state index is 12.2. The second-order valence-electron chi connectivity index (χ2n) is 15.6. The zero-order valence-corrected chi connectivity index (χ0v) is 34.5. The molecule has 54 heavy (non-hydrogen) atoms. The average molecular weight is 773 g/mol. The van der Waals surface area contributed by atoms with Crippen LogP contribution < -0.4 is 0 Å². The van der Waals surface area contributed by atoms with E-state index in [-0.39, 0.29) is 9.79 Å². The van der Waals surface area contributed by atoms with Gasteiger partial charge in [-0.15, -0.1) is 0 Å². The highest BCUT2D eigenvalue weighted by atomic mass is 32.2. The number of sulfonamides is 2. The van der Waals surface area contributed by atoms with Gasteiger partial charge in [-0.1, -0.05) is 47.5 Å². The minimum atomic E-state index is -3.42. The molecule has 10 nitrogen and oxygen atoms in total. The van der Waals surface area contributed by atoms with Crippen LogP contribution in [-0.4, -0.2) is 73.8 Å². The van der Waals surface area contributed by atoms with E-state index in [0.29, 0.717) is 24.2 Å². The highest BCUT2D eigenvalue weighted by molar-refractivity contribution is 7.89. The van der Waals surface area contributed by atoms with Crippen molar-refractivity contribution >= 4 is 31.2 Å². The first-order valence-corrected chi connectivity index (χ1v) is 20.7. The zero-order chi connectivity index (χ0) is 40.0. The smallest absolute Gasteiger partial charge is 0.242 e. The first-order valence-electron chi connectivity index (χ1n) is 17.9. The van der Waals surface area contributed by atoms with E-state index >= 15 is 0 Å². The summed E-state index contributed by atoms with van der Waals surface area (Å²) in [5.41, 5.74) is 10.4. The van der Waals surface area contributed by atoms with Crippen molar-refractivity contribution in [2.45, 2.75) is 88.2 Å². The number of allylic oxidation sites excluding steroid dienone is 4. The van der Waals surface area contributed by atoms with Crippen molar-refractivity contribution in [2.24, 2.45) is 0 Å². The molecular weight excluding hydrogens is 721 g/mol. The van der Waals surface area contributed by atoms with Crippen LogP contribution in [0.25, 0.3) is 11.1 Å². The molecule has 6 rings (SSSR count). The minimum Gasteiger partial charge on any atom is -0.384 e. The molecule has 2 N–H and O–H groups in total. The summed E-state index contributed by atoms with van der Waals surface area (Å²) in [6.07, 6.45) is 3.08. The Balaban J connectivity index is 0.000000208. The van der Waals surface area contributed by atoms with Crippen LogP contribution in [0.4, 0.5) is 0 Å². The van der Waals surface area contributed by atoms with Crippen LogP contribution in [-0.2, 0) is 56.9 Å². The van der Waals surface area contributed by atoms with Gasteiger partial charge >= 0.3 is 0 Å². The molecule has 0 unspecified atom stereocenters. The Morgan fingerprint density at radius 1 is 0.556 bits per heavy atom. The minimum absolute atomic E-state index is 0.288. The van der Waals surface area contributed by atoms with Gasteiger partial charge in [-0.25, -0.2) is 35.4 Å². The normalized spacial score (nSPS) is 14.8. The van der Waals surface area contributed by atoms with Gasteiger partial charge in [0.05, 0.1) is 32.6 Å². The lowest BCUT2D eigenvalue weighted by molar-refractivity contribution is 0.0732. The van der Waals surface area contributed by atoms with Gasteiger partial charge in [0.1, 0.15) is 11.2 Å². The van der Waals surface area contributed by atoms with Crippen molar-refractivity contribution in [3.63, 3.8) is 0 Å². The van der Waals surface area contributed by atoms with Crippen LogP contribution in [0.2, 0.25) is 0 Å². The Morgan fingerprint density at radius 2 is 0.870 bits per heavy atom. The molecule has 288 valence electrons. The van der Waals surface area contributed by atoms with Gasteiger partial charge in [0, 0.05) is 28.2 Å². The maximum Gasteiger partial charge on any atom is 0.242 e. The number of hydrogen-bond acceptors (Lipinski definition) is 8. The zero-order valence-electron chi connectivity index (χ0n) is 32.9. The second-order valence-corrected chi connectivity index (χ2v) is 19.9. The Morgan fingerprint density at radius 3 is 1.15 bits per heavy atom. The van der Waals surface area contributed by atoms with Crippen molar-refractivity contribution in [2.75, 3.05) is 28.2 Å². The molecule has 2 aliphatic carbocycles. The molecule has 0 radical (unpaired) electrons. The third-order valence-corrected chi connectivity index (χ3v) is 13.5. The Kier molecular flexibility index (Phi) is 11.6. The molecule has 4 aromatic rings. The Hall–Kier alpha value is -4.04. The Bertz CT molecular complexity index is 2160. The molecule has 0 saturated carbocycles. The molecule has 12 heteroatoms. The highest BCUT2D eigenvalue weighted by Crippen LogP contribution is 2.37. The predicted octanol–water partition coefficient (Wildman–Crippen LogP) is 6.26. The van der Waals surface area contributed by atoms with Crippen LogP contribution in [0.15, 0.2) is 93.7 Å². The van der Waals surface area contributed by atoms with Crippen LogP contribution in [0, 0.1) is 0 Å². The fourth-order valence-electron chi connectivity index (χ4n) is 6.51. The molecule has 2 aromatic carbocycles. The molecule has 0 atom stereocenters. The van der Waals surface area contributed by atoms with E-state index in [2.05, 4.69) is 13.8 Å². The summed E-state index contributed by atoms with van der Waals surface area (Å²) in [5.74, 6) is 0. The van der Waals surface area contributed by atoms with Crippen LogP contribution in [0.3, 0.4) is 0 Å². The molecule has 0 saturated heterocycles. The third-order valence-electron chi connectivity index (χ3n) is 9.89. The number of aromatic nitrogens is 2. The van der Waals surface area contributed by atoms with E-state index in [9.17, 15) is 27.0 Å². The predicted molar refractivity (Wildman–Crippen MR) is 214 cm³/mol. The van der Waals surface area contributed by atoms with Gasteiger partial charge in [0.2, 0.25) is 20.0 Å². The topological polar surface area (TPSA) is 141 Å². The number of benzene rings is 2. The summed E-state index contributed by atoms with van der Waals surface area (Å²) >= 11 is 0. The van der Waals surface area contributed by atoms with E-state index in [1.807, 2.05) is 48.5 Å². The lowest BCUT2D eigenvalue weighted by atomic mass is 9.99. The standard InChI is InChI=1S/2C21H26N2O3S/c2*1-14-12-16-8-11-19(21(2,3)24)22-20(16)18(14)13-15-6-9-17(10-7-15)27(25,26)23(4)5/h2*6-11,24H,12-13H2,1-5H3. The van der Waals surface area contributed by atoms with E-state index in [0.717, 1.165) is 46.5 Å². The number of fused-ring (bicyclic) bond motifs is 2. The number of pyridine rings is 2. The summed E-state index contributed by atoms with van der Waals surface area (Å²) in [4.78, 5) is 10.0. The van der Waals surface area contributed by atoms with Gasteiger partial charge < -0.3 is 10.2 Å². The number of rotatable bonds is 10. The highest BCUT2D eigenvalue weighted by Gasteiger charge is 2.27. The SMILES string of the molecule is CC1=C(Cc2ccc(S(=O)(=O)N(C)C)cc2)c2nc(C(C)(C)O)ccc2C1.CC1=C(Cc2ccc(S(=O)(=O)N(C)C)cc2)c2nc(C(C)(C)O)ccc2C1. The Labute approximate surface area is 321 Å². The molecule has 0 bridgehead atoms. The summed E-state index contributed by atoms with van der Waals surface area (Å²) in [5, 5.41) is 20.5. The van der Waals surface area contributed by atoms with E-state index in [4.69, 9.17) is 9.97 Å². The summed E-state index contributed by atoms with van der Waals surface area (Å²) in [7, 11) is -0.736. The number of nitrogens with zero attached hydrogens (tertiary/aromatic N) is 4. The second kappa shape index (κ2) is 15.2. The molecule has 0 amide bonds. The lowest BCUT2D eigenvalue weighted by Crippen LogP contribution is -2.22. The fourth-order valence-corrected chi connectivity index (χ4v) is 8.32. The van der Waals surface area contributed by atoms with Crippen molar-refractivity contribution < 1.29 is 27.0 Å². The van der Waals surface area contributed by atoms with Crippen LogP contribution >= 0.6 is 0 Å². The van der Waals surface area contributed by atoms with Gasteiger partial charge in [0.25, 0.3) is 0 Å². The number of aliphatic hydroxyl groups is 2. The van der Waals surface area contributed by atoms with E-state index < -0.39 is 31.2 Å². The monoisotopic (exact) mass is 772 g/mol. The van der Waals surface area contributed by atoms with Crippen LogP contribution in [0.5, 0.6) is 0 Å². The summed E-state index contributed by atoms with van der Waals surface area (Å²) in [6, 6.07) is 21.9. The van der Waals surface area contributed by atoms with Crippen molar-refractivity contribution in [3.8, 4) is 0 Å². The quantitative estimate of drug-likeness (QED) is 0.193. The summed E-state index contributed by atoms with van der Waals surface area (Å²) < 4.78 is 51.3. The van der Waals surface area contributed by atoms with E-state index in [1.165, 1.54) is 59.1 Å². The van der Waals surface area contributed by atoms with Gasteiger partial charge in [-0.2, -0.15) is 0 Å². The maximum atomic E-state index is 12.2.